The van der Waals surface area contributed by atoms with Crippen LogP contribution in [0.1, 0.15) is 56.2 Å². The lowest BCUT2D eigenvalue weighted by molar-refractivity contribution is -0.126. The number of amides is 2. The van der Waals surface area contributed by atoms with Gasteiger partial charge in [0.2, 0.25) is 11.8 Å². The van der Waals surface area contributed by atoms with Gasteiger partial charge in [-0.15, -0.1) is 0 Å². The largest absolute Gasteiger partial charge is 0.355 e. The van der Waals surface area contributed by atoms with Crippen LogP contribution in [0.3, 0.4) is 0 Å². The second-order valence-electron chi connectivity index (χ2n) is 9.02. The van der Waals surface area contributed by atoms with E-state index in [1.54, 1.807) is 0 Å². The maximum Gasteiger partial charge on any atom is 0.229 e. The summed E-state index contributed by atoms with van der Waals surface area (Å²) in [6.07, 6.45) is 5.89. The Balaban J connectivity index is 1.65. The summed E-state index contributed by atoms with van der Waals surface area (Å²) >= 11 is 0. The van der Waals surface area contributed by atoms with Crippen LogP contribution < -0.4 is 10.2 Å². The van der Waals surface area contributed by atoms with Gasteiger partial charge in [-0.1, -0.05) is 69.0 Å². The quantitative estimate of drug-likeness (QED) is 0.509. The second-order valence-corrected chi connectivity index (χ2v) is 9.02. The Hall–Kier alpha value is -2.92. The lowest BCUT2D eigenvalue weighted by atomic mass is 9.96. The van der Waals surface area contributed by atoms with Gasteiger partial charge in [-0.05, 0) is 68.1 Å². The molecule has 1 saturated heterocycles. The van der Waals surface area contributed by atoms with E-state index in [-0.39, 0.29) is 24.2 Å². The fraction of sp³-hybridized carbons (Fsp3) is 0.448. The molecule has 2 aromatic carbocycles. The molecule has 1 aliphatic heterocycles. The summed E-state index contributed by atoms with van der Waals surface area (Å²) in [6, 6.07) is 16.1. The molecule has 1 heterocycles. The van der Waals surface area contributed by atoms with Gasteiger partial charge in [0.05, 0.1) is 6.54 Å². The van der Waals surface area contributed by atoms with Crippen LogP contribution in [0.2, 0.25) is 0 Å². The molecular weight excluding hydrogens is 422 g/mol. The molecule has 3 rings (SSSR count). The molecule has 0 radical (unpaired) electrons. The van der Waals surface area contributed by atoms with Gasteiger partial charge >= 0.3 is 0 Å². The lowest BCUT2D eigenvalue weighted by Gasteiger charge is -2.31. The highest BCUT2D eigenvalue weighted by molar-refractivity contribution is 5.94. The van der Waals surface area contributed by atoms with Crippen LogP contribution in [0.15, 0.2) is 55.1 Å². The molecule has 0 aromatic heterocycles. The van der Waals surface area contributed by atoms with Gasteiger partial charge in [-0.3, -0.25) is 9.59 Å². The van der Waals surface area contributed by atoms with E-state index in [0.717, 1.165) is 67.7 Å². The summed E-state index contributed by atoms with van der Waals surface area (Å²) in [5, 5.41) is 3.03. The average Bonchev–Trinajstić information content (AvgIpc) is 2.88. The van der Waals surface area contributed by atoms with Crippen molar-refractivity contribution in [1.82, 2.24) is 10.2 Å². The van der Waals surface area contributed by atoms with Crippen molar-refractivity contribution in [3.63, 3.8) is 0 Å². The Morgan fingerprint density at radius 3 is 2.41 bits per heavy atom. The number of aryl methyl sites for hydroxylation is 1. The summed E-state index contributed by atoms with van der Waals surface area (Å²) in [4.78, 5) is 30.4. The van der Waals surface area contributed by atoms with E-state index in [9.17, 15) is 9.59 Å². The van der Waals surface area contributed by atoms with Gasteiger partial charge in [0.25, 0.3) is 0 Å². The van der Waals surface area contributed by atoms with Crippen molar-refractivity contribution in [1.29, 1.82) is 0 Å². The highest BCUT2D eigenvalue weighted by Crippen LogP contribution is 2.25. The SMILES string of the molecule is C=Cc1ccccc1CN(C(=O)CCNC(=O)C1CCN(CCC)CC1)c1ccccc1CC. The molecular formula is C29H39N3O2. The molecule has 2 amide bonds. The Bertz CT molecular complexity index is 963. The van der Waals surface area contributed by atoms with Crippen molar-refractivity contribution in [3.05, 3.63) is 71.8 Å². The third-order valence-corrected chi connectivity index (χ3v) is 6.70. The Labute approximate surface area is 204 Å². The van der Waals surface area contributed by atoms with Crippen molar-refractivity contribution in [2.24, 2.45) is 5.92 Å². The monoisotopic (exact) mass is 461 g/mol. The van der Waals surface area contributed by atoms with Crippen molar-refractivity contribution in [2.75, 3.05) is 31.1 Å². The normalized spacial score (nSPS) is 14.5. The van der Waals surface area contributed by atoms with Gasteiger partial charge < -0.3 is 15.1 Å². The summed E-state index contributed by atoms with van der Waals surface area (Å²) in [5.74, 6) is 0.152. The van der Waals surface area contributed by atoms with Crippen LogP contribution in [0.5, 0.6) is 0 Å². The molecule has 0 atom stereocenters. The number of nitrogens with one attached hydrogen (secondary N) is 1. The number of hydrogen-bond donors (Lipinski definition) is 1. The van der Waals surface area contributed by atoms with Gasteiger partial charge in [0.15, 0.2) is 0 Å². The minimum absolute atomic E-state index is 0.0119. The third kappa shape index (κ3) is 6.80. The van der Waals surface area contributed by atoms with E-state index >= 15 is 0 Å². The molecule has 1 aliphatic rings. The number of rotatable bonds is 11. The summed E-state index contributed by atoms with van der Waals surface area (Å²) in [7, 11) is 0. The van der Waals surface area contributed by atoms with Crippen molar-refractivity contribution < 1.29 is 9.59 Å². The fourth-order valence-electron chi connectivity index (χ4n) is 4.74. The highest BCUT2D eigenvalue weighted by atomic mass is 16.2. The number of carbonyl (C=O) groups excluding carboxylic acids is 2. The second kappa shape index (κ2) is 13.1. The van der Waals surface area contributed by atoms with Crippen LogP contribution in [-0.4, -0.2) is 42.9 Å². The first kappa shape index (κ1) is 25.7. The number of piperidine rings is 1. The van der Waals surface area contributed by atoms with Crippen LogP contribution >= 0.6 is 0 Å². The predicted molar refractivity (Wildman–Crippen MR) is 141 cm³/mol. The number of anilines is 1. The van der Waals surface area contributed by atoms with Crippen molar-refractivity contribution in [3.8, 4) is 0 Å². The minimum Gasteiger partial charge on any atom is -0.355 e. The summed E-state index contributed by atoms with van der Waals surface area (Å²) < 4.78 is 0. The average molecular weight is 462 g/mol. The number of hydrogen-bond acceptors (Lipinski definition) is 3. The molecule has 1 N–H and O–H groups in total. The number of nitrogens with zero attached hydrogens (tertiary/aromatic N) is 2. The smallest absolute Gasteiger partial charge is 0.229 e. The van der Waals surface area contributed by atoms with E-state index in [0.29, 0.717) is 13.1 Å². The lowest BCUT2D eigenvalue weighted by Crippen LogP contribution is -2.42. The first-order valence-electron chi connectivity index (χ1n) is 12.7. The number of benzene rings is 2. The van der Waals surface area contributed by atoms with Crippen molar-refractivity contribution in [2.45, 2.75) is 52.5 Å². The Morgan fingerprint density at radius 2 is 1.74 bits per heavy atom. The number of likely N-dealkylation sites (tertiary alicyclic amines) is 1. The van der Waals surface area contributed by atoms with Crippen LogP contribution in [0, 0.1) is 5.92 Å². The molecule has 0 unspecified atom stereocenters. The van der Waals surface area contributed by atoms with Crippen LogP contribution in [0.25, 0.3) is 6.08 Å². The third-order valence-electron chi connectivity index (χ3n) is 6.70. The Morgan fingerprint density at radius 1 is 1.06 bits per heavy atom. The predicted octanol–water partition coefficient (Wildman–Crippen LogP) is 5.05. The molecule has 2 aromatic rings. The van der Waals surface area contributed by atoms with E-state index in [1.807, 2.05) is 53.4 Å². The van der Waals surface area contributed by atoms with E-state index in [1.165, 1.54) is 0 Å². The molecule has 5 heteroatoms. The zero-order valence-electron chi connectivity index (χ0n) is 20.8. The number of para-hydroxylation sites is 1. The summed E-state index contributed by atoms with van der Waals surface area (Å²) in [6.45, 7) is 12.1. The van der Waals surface area contributed by atoms with Gasteiger partial charge in [-0.2, -0.15) is 0 Å². The number of carbonyl (C=O) groups is 2. The topological polar surface area (TPSA) is 52.7 Å². The molecule has 34 heavy (non-hydrogen) atoms. The van der Waals surface area contributed by atoms with Crippen LogP contribution in [-0.2, 0) is 22.6 Å². The van der Waals surface area contributed by atoms with Gasteiger partial charge in [-0.25, -0.2) is 0 Å². The minimum atomic E-state index is 0.0119. The zero-order chi connectivity index (χ0) is 24.3. The Kier molecular flexibility index (Phi) is 9.89. The summed E-state index contributed by atoms with van der Waals surface area (Å²) in [5.41, 5.74) is 4.15. The molecule has 0 aliphatic carbocycles. The molecule has 0 spiro atoms. The van der Waals surface area contributed by atoms with Crippen molar-refractivity contribution >= 4 is 23.6 Å². The van der Waals surface area contributed by atoms with Crippen LogP contribution in [0.4, 0.5) is 5.69 Å². The molecule has 0 bridgehead atoms. The molecule has 5 nitrogen and oxygen atoms in total. The first-order valence-corrected chi connectivity index (χ1v) is 12.7. The fourth-order valence-corrected chi connectivity index (χ4v) is 4.74. The maximum atomic E-state index is 13.4. The molecule has 1 fully saturated rings. The highest BCUT2D eigenvalue weighted by Gasteiger charge is 2.25. The van der Waals surface area contributed by atoms with E-state index in [4.69, 9.17) is 0 Å². The van der Waals surface area contributed by atoms with E-state index in [2.05, 4.69) is 36.7 Å². The zero-order valence-corrected chi connectivity index (χ0v) is 20.8. The standard InChI is InChI=1S/C29H39N3O2/c1-4-19-31-20-16-25(17-21-31)29(34)30-18-15-28(33)32(27-14-10-9-12-24(27)6-3)22-26-13-8-7-11-23(26)5-2/h5,7-14,25H,2,4,6,15-22H2,1,3H3,(H,30,34). The molecule has 0 saturated carbocycles. The van der Waals surface area contributed by atoms with Gasteiger partial charge in [0, 0.05) is 24.6 Å². The molecule has 182 valence electrons. The van der Waals surface area contributed by atoms with Gasteiger partial charge in [0.1, 0.15) is 0 Å². The first-order chi connectivity index (χ1) is 16.6. The maximum absolute atomic E-state index is 13.4. The van der Waals surface area contributed by atoms with E-state index < -0.39 is 0 Å².